The van der Waals surface area contributed by atoms with Crippen molar-refractivity contribution < 1.29 is 13.2 Å². The van der Waals surface area contributed by atoms with Crippen molar-refractivity contribution in [1.29, 1.82) is 0 Å². The highest BCUT2D eigenvalue weighted by Crippen LogP contribution is 2.17. The van der Waals surface area contributed by atoms with Crippen molar-refractivity contribution in [2.75, 3.05) is 5.75 Å². The standard InChI is InChI=1S/C9H9BrO3S/c1-7(11)6-14(12,13)9-4-2-3-8(10)5-9/h2-5H,6H2,1H3. The highest BCUT2D eigenvalue weighted by Gasteiger charge is 2.16. The molecule has 0 amide bonds. The summed E-state index contributed by atoms with van der Waals surface area (Å²) in [5.74, 6) is -0.798. The average molecular weight is 277 g/mol. The lowest BCUT2D eigenvalue weighted by Crippen LogP contribution is -2.13. The molecule has 0 saturated carbocycles. The van der Waals surface area contributed by atoms with E-state index in [0.29, 0.717) is 4.47 Å². The van der Waals surface area contributed by atoms with Crippen LogP contribution >= 0.6 is 15.9 Å². The van der Waals surface area contributed by atoms with E-state index in [9.17, 15) is 13.2 Å². The Morgan fingerprint density at radius 1 is 1.43 bits per heavy atom. The molecular weight excluding hydrogens is 268 g/mol. The maximum atomic E-state index is 11.6. The molecule has 0 heterocycles. The van der Waals surface area contributed by atoms with Gasteiger partial charge in [-0.05, 0) is 25.1 Å². The number of ketones is 1. The maximum Gasteiger partial charge on any atom is 0.185 e. The van der Waals surface area contributed by atoms with Gasteiger partial charge in [0.2, 0.25) is 0 Å². The first-order valence-corrected chi connectivity index (χ1v) is 6.34. The van der Waals surface area contributed by atoms with Crippen molar-refractivity contribution in [3.05, 3.63) is 28.7 Å². The molecule has 1 aromatic carbocycles. The number of Topliss-reactive ketones (excluding diaryl/α,β-unsaturated/α-hetero) is 1. The van der Waals surface area contributed by atoms with Gasteiger partial charge in [0.05, 0.1) is 4.90 Å². The van der Waals surface area contributed by atoms with E-state index in [1.165, 1.54) is 19.1 Å². The number of sulfone groups is 1. The van der Waals surface area contributed by atoms with Gasteiger partial charge in [0.1, 0.15) is 11.5 Å². The molecule has 0 aromatic heterocycles. The molecule has 0 bridgehead atoms. The van der Waals surface area contributed by atoms with Gasteiger partial charge < -0.3 is 0 Å². The summed E-state index contributed by atoms with van der Waals surface area (Å²) in [5, 5.41) is 0. The van der Waals surface area contributed by atoms with Crippen LogP contribution in [0.5, 0.6) is 0 Å². The van der Waals surface area contributed by atoms with E-state index in [1.807, 2.05) is 0 Å². The molecule has 1 aromatic rings. The number of hydrogen-bond acceptors (Lipinski definition) is 3. The van der Waals surface area contributed by atoms with Crippen molar-refractivity contribution in [3.8, 4) is 0 Å². The molecule has 0 radical (unpaired) electrons. The minimum absolute atomic E-state index is 0.169. The minimum Gasteiger partial charge on any atom is -0.299 e. The molecule has 1 rings (SSSR count). The Bertz CT molecular complexity index is 451. The Kier molecular flexibility index (Phi) is 3.44. The SMILES string of the molecule is CC(=O)CS(=O)(=O)c1cccc(Br)c1. The molecule has 0 spiro atoms. The van der Waals surface area contributed by atoms with E-state index in [0.717, 1.165) is 0 Å². The molecule has 0 aliphatic carbocycles. The zero-order chi connectivity index (χ0) is 10.8. The van der Waals surface area contributed by atoms with Crippen LogP contribution in [-0.4, -0.2) is 20.0 Å². The lowest BCUT2D eigenvalue weighted by molar-refractivity contribution is -0.114. The summed E-state index contributed by atoms with van der Waals surface area (Å²) in [7, 11) is -3.46. The molecule has 0 aliphatic heterocycles. The Balaban J connectivity index is 3.11. The first kappa shape index (κ1) is 11.4. The fourth-order valence-electron chi connectivity index (χ4n) is 1.01. The lowest BCUT2D eigenvalue weighted by Gasteiger charge is -2.01. The van der Waals surface area contributed by atoms with Gasteiger partial charge in [-0.2, -0.15) is 0 Å². The smallest absolute Gasteiger partial charge is 0.185 e. The third kappa shape index (κ3) is 2.92. The number of carbonyl (C=O) groups excluding carboxylic acids is 1. The number of halogens is 1. The van der Waals surface area contributed by atoms with Crippen LogP contribution in [0.15, 0.2) is 33.6 Å². The molecular formula is C9H9BrO3S. The predicted molar refractivity (Wildman–Crippen MR) is 56.9 cm³/mol. The number of rotatable bonds is 3. The molecule has 14 heavy (non-hydrogen) atoms. The Hall–Kier alpha value is -0.680. The summed E-state index contributed by atoms with van der Waals surface area (Å²) in [5.41, 5.74) is 0. The fourth-order valence-corrected chi connectivity index (χ4v) is 2.86. The second-order valence-electron chi connectivity index (χ2n) is 2.92. The molecule has 3 nitrogen and oxygen atoms in total. The summed E-state index contributed by atoms with van der Waals surface area (Å²) in [6.45, 7) is 1.26. The van der Waals surface area contributed by atoms with Crippen LogP contribution in [0, 0.1) is 0 Å². The maximum absolute atomic E-state index is 11.6. The molecule has 0 atom stereocenters. The van der Waals surface area contributed by atoms with Crippen molar-refractivity contribution in [2.24, 2.45) is 0 Å². The van der Waals surface area contributed by atoms with Crippen LogP contribution in [-0.2, 0) is 14.6 Å². The summed E-state index contributed by atoms with van der Waals surface area (Å²) in [6.07, 6.45) is 0. The van der Waals surface area contributed by atoms with E-state index in [-0.39, 0.29) is 10.7 Å². The van der Waals surface area contributed by atoms with Gasteiger partial charge in [-0.25, -0.2) is 8.42 Å². The van der Waals surface area contributed by atoms with E-state index in [1.54, 1.807) is 12.1 Å². The monoisotopic (exact) mass is 276 g/mol. The molecule has 0 fully saturated rings. The molecule has 0 unspecified atom stereocenters. The molecule has 5 heteroatoms. The van der Waals surface area contributed by atoms with Crippen LogP contribution in [0.3, 0.4) is 0 Å². The van der Waals surface area contributed by atoms with Gasteiger partial charge in [0.15, 0.2) is 9.84 Å². The second kappa shape index (κ2) is 4.23. The Morgan fingerprint density at radius 2 is 2.07 bits per heavy atom. The first-order valence-electron chi connectivity index (χ1n) is 3.89. The quantitative estimate of drug-likeness (QED) is 0.846. The topological polar surface area (TPSA) is 51.2 Å². The van der Waals surface area contributed by atoms with Gasteiger partial charge in [-0.15, -0.1) is 0 Å². The minimum atomic E-state index is -3.46. The van der Waals surface area contributed by atoms with Gasteiger partial charge in [-0.1, -0.05) is 22.0 Å². The summed E-state index contributed by atoms with van der Waals surface area (Å²) < 4.78 is 23.8. The third-order valence-electron chi connectivity index (χ3n) is 1.55. The zero-order valence-corrected chi connectivity index (χ0v) is 9.93. The van der Waals surface area contributed by atoms with E-state index in [2.05, 4.69) is 15.9 Å². The van der Waals surface area contributed by atoms with Gasteiger partial charge in [0.25, 0.3) is 0 Å². The van der Waals surface area contributed by atoms with Crippen molar-refractivity contribution in [3.63, 3.8) is 0 Å². The third-order valence-corrected chi connectivity index (χ3v) is 3.80. The summed E-state index contributed by atoms with van der Waals surface area (Å²) >= 11 is 3.17. The largest absolute Gasteiger partial charge is 0.299 e. The van der Waals surface area contributed by atoms with Crippen molar-refractivity contribution in [1.82, 2.24) is 0 Å². The van der Waals surface area contributed by atoms with Gasteiger partial charge in [0, 0.05) is 4.47 Å². The van der Waals surface area contributed by atoms with E-state index in [4.69, 9.17) is 0 Å². The van der Waals surface area contributed by atoms with Crippen LogP contribution in [0.2, 0.25) is 0 Å². The molecule has 76 valence electrons. The van der Waals surface area contributed by atoms with Gasteiger partial charge in [-0.3, -0.25) is 4.79 Å². The highest BCUT2D eigenvalue weighted by molar-refractivity contribution is 9.10. The van der Waals surface area contributed by atoms with Crippen LogP contribution in [0.4, 0.5) is 0 Å². The van der Waals surface area contributed by atoms with E-state index >= 15 is 0 Å². The van der Waals surface area contributed by atoms with Gasteiger partial charge >= 0.3 is 0 Å². The molecule has 0 N–H and O–H groups in total. The number of carbonyl (C=O) groups is 1. The van der Waals surface area contributed by atoms with Crippen LogP contribution < -0.4 is 0 Å². The van der Waals surface area contributed by atoms with Crippen LogP contribution in [0.25, 0.3) is 0 Å². The second-order valence-corrected chi connectivity index (χ2v) is 5.82. The highest BCUT2D eigenvalue weighted by atomic mass is 79.9. The Labute approximate surface area is 91.2 Å². The fraction of sp³-hybridized carbons (Fsp3) is 0.222. The number of benzene rings is 1. The molecule has 0 aliphatic rings. The zero-order valence-electron chi connectivity index (χ0n) is 7.53. The van der Waals surface area contributed by atoms with E-state index < -0.39 is 15.6 Å². The summed E-state index contributed by atoms with van der Waals surface area (Å²) in [4.78, 5) is 10.9. The average Bonchev–Trinajstić information content (AvgIpc) is 2.01. The first-order chi connectivity index (χ1) is 6.42. The number of hydrogen-bond donors (Lipinski definition) is 0. The Morgan fingerprint density at radius 3 is 2.57 bits per heavy atom. The van der Waals surface area contributed by atoms with Crippen LogP contribution in [0.1, 0.15) is 6.92 Å². The van der Waals surface area contributed by atoms with Crippen molar-refractivity contribution in [2.45, 2.75) is 11.8 Å². The normalized spacial score (nSPS) is 11.3. The molecule has 0 saturated heterocycles. The van der Waals surface area contributed by atoms with Crippen molar-refractivity contribution >= 4 is 31.6 Å². The summed E-state index contributed by atoms with van der Waals surface area (Å²) in [6, 6.07) is 6.31. The predicted octanol–water partition coefficient (Wildman–Crippen LogP) is 1.81. The lowest BCUT2D eigenvalue weighted by atomic mass is 10.4.